The summed E-state index contributed by atoms with van der Waals surface area (Å²) in [5.74, 6) is 0.632. The van der Waals surface area contributed by atoms with Gasteiger partial charge in [-0.15, -0.1) is 0 Å². The standard InChI is InChI=1S/C50H38N2/c1-32(41-20-11-15-35-13-5-7-17-43(35)41)51-49(52-33(2)42-21-12-16-36-14-6-8-18-44(36)42)39-26-24-34-23-25-37(29-40(34)30-39)38-27-28-46-45-19-9-10-22-47(45)50(3,4)48(46)31-38/h5-31H,1H2,2-4H3. The van der Waals surface area contributed by atoms with Crippen molar-refractivity contribution in [1.29, 1.82) is 0 Å². The van der Waals surface area contributed by atoms with Crippen molar-refractivity contribution in [3.8, 4) is 22.3 Å². The maximum absolute atomic E-state index is 5.28. The van der Waals surface area contributed by atoms with Gasteiger partial charge < -0.3 is 0 Å². The second kappa shape index (κ2) is 12.4. The van der Waals surface area contributed by atoms with Crippen LogP contribution >= 0.6 is 0 Å². The van der Waals surface area contributed by atoms with Crippen molar-refractivity contribution in [3.05, 3.63) is 198 Å². The molecule has 0 amide bonds. The Morgan fingerprint density at radius 1 is 0.481 bits per heavy atom. The number of aliphatic imine (C=N–C) groups is 2. The van der Waals surface area contributed by atoms with Gasteiger partial charge in [-0.3, -0.25) is 0 Å². The molecule has 0 radical (unpaired) electrons. The highest BCUT2D eigenvalue weighted by Gasteiger charge is 2.35. The summed E-state index contributed by atoms with van der Waals surface area (Å²) in [5.41, 5.74) is 12.4. The van der Waals surface area contributed by atoms with Gasteiger partial charge >= 0.3 is 0 Å². The molecule has 8 aromatic rings. The molecular formula is C50H38N2. The third-order valence-corrected chi connectivity index (χ3v) is 10.8. The highest BCUT2D eigenvalue weighted by molar-refractivity contribution is 6.17. The minimum atomic E-state index is -0.0518. The molecule has 9 rings (SSSR count). The lowest BCUT2D eigenvalue weighted by Gasteiger charge is -2.22. The first kappa shape index (κ1) is 31.6. The molecule has 2 heteroatoms. The number of nitrogens with zero attached hydrogens (tertiary/aromatic N) is 2. The zero-order valence-electron chi connectivity index (χ0n) is 29.7. The van der Waals surface area contributed by atoms with Gasteiger partial charge in [0.05, 0.1) is 5.70 Å². The van der Waals surface area contributed by atoms with Gasteiger partial charge in [0.15, 0.2) is 5.84 Å². The molecule has 0 atom stereocenters. The first-order chi connectivity index (χ1) is 25.3. The summed E-state index contributed by atoms with van der Waals surface area (Å²) in [5, 5.41) is 6.94. The quantitative estimate of drug-likeness (QED) is 0.129. The lowest BCUT2D eigenvalue weighted by atomic mass is 9.81. The summed E-state index contributed by atoms with van der Waals surface area (Å²) in [6, 6.07) is 58.6. The smallest absolute Gasteiger partial charge is 0.160 e. The molecule has 2 nitrogen and oxygen atoms in total. The Labute approximate surface area is 305 Å². The number of rotatable bonds is 5. The first-order valence-electron chi connectivity index (χ1n) is 17.9. The Bertz CT molecular complexity index is 2790. The number of benzene rings is 8. The number of hydrogen-bond donors (Lipinski definition) is 0. The summed E-state index contributed by atoms with van der Waals surface area (Å²) in [4.78, 5) is 10.5. The van der Waals surface area contributed by atoms with Gasteiger partial charge in [0.2, 0.25) is 0 Å². The molecule has 1 aliphatic carbocycles. The fraction of sp³-hybridized carbons (Fsp3) is 0.0800. The van der Waals surface area contributed by atoms with Crippen LogP contribution in [0.15, 0.2) is 180 Å². The molecule has 8 aromatic carbocycles. The van der Waals surface area contributed by atoms with Crippen LogP contribution < -0.4 is 0 Å². The second-order valence-corrected chi connectivity index (χ2v) is 14.3. The van der Waals surface area contributed by atoms with E-state index in [0.717, 1.165) is 38.6 Å². The van der Waals surface area contributed by atoms with E-state index < -0.39 is 0 Å². The molecular weight excluding hydrogens is 629 g/mol. The van der Waals surface area contributed by atoms with Crippen molar-refractivity contribution in [3.63, 3.8) is 0 Å². The molecule has 1 aliphatic rings. The number of amidine groups is 1. The van der Waals surface area contributed by atoms with Crippen LogP contribution in [0.1, 0.15) is 48.6 Å². The average Bonchev–Trinajstić information content (AvgIpc) is 3.42. The van der Waals surface area contributed by atoms with E-state index in [4.69, 9.17) is 9.98 Å². The molecule has 0 saturated carbocycles. The van der Waals surface area contributed by atoms with E-state index in [1.165, 1.54) is 49.5 Å². The average molecular weight is 667 g/mol. The minimum Gasteiger partial charge on any atom is -0.233 e. The van der Waals surface area contributed by atoms with Gasteiger partial charge in [0.1, 0.15) is 0 Å². The summed E-state index contributed by atoms with van der Waals surface area (Å²) < 4.78 is 0. The fourth-order valence-electron chi connectivity index (χ4n) is 8.03. The van der Waals surface area contributed by atoms with Crippen molar-refractivity contribution in [2.75, 3.05) is 0 Å². The van der Waals surface area contributed by atoms with E-state index in [1.807, 2.05) is 0 Å². The summed E-state index contributed by atoms with van der Waals surface area (Å²) in [6.07, 6.45) is 0. The maximum Gasteiger partial charge on any atom is 0.160 e. The van der Waals surface area contributed by atoms with Crippen LogP contribution in [0.5, 0.6) is 0 Å². The van der Waals surface area contributed by atoms with E-state index in [2.05, 4.69) is 191 Å². The van der Waals surface area contributed by atoms with E-state index in [-0.39, 0.29) is 5.41 Å². The predicted molar refractivity (Wildman–Crippen MR) is 223 cm³/mol. The molecule has 0 aromatic heterocycles. The maximum atomic E-state index is 5.28. The third kappa shape index (κ3) is 5.36. The van der Waals surface area contributed by atoms with E-state index in [1.54, 1.807) is 0 Å². The van der Waals surface area contributed by atoms with Crippen LogP contribution in [-0.2, 0) is 5.41 Å². The van der Waals surface area contributed by atoms with E-state index >= 15 is 0 Å². The highest BCUT2D eigenvalue weighted by Crippen LogP contribution is 2.49. The van der Waals surface area contributed by atoms with Crippen LogP contribution in [0.3, 0.4) is 0 Å². The monoisotopic (exact) mass is 666 g/mol. The molecule has 0 spiro atoms. The Hall–Kier alpha value is -6.38. The third-order valence-electron chi connectivity index (χ3n) is 10.8. The summed E-state index contributed by atoms with van der Waals surface area (Å²) >= 11 is 0. The molecule has 248 valence electrons. The van der Waals surface area contributed by atoms with Gasteiger partial charge in [-0.1, -0.05) is 166 Å². The van der Waals surface area contributed by atoms with Crippen molar-refractivity contribution in [2.45, 2.75) is 26.2 Å². The molecule has 0 unspecified atom stereocenters. The van der Waals surface area contributed by atoms with Crippen LogP contribution in [-0.4, -0.2) is 11.5 Å². The topological polar surface area (TPSA) is 24.7 Å². The van der Waals surface area contributed by atoms with Gasteiger partial charge in [-0.05, 0) is 90.8 Å². The van der Waals surface area contributed by atoms with Crippen molar-refractivity contribution >= 4 is 49.6 Å². The van der Waals surface area contributed by atoms with Crippen molar-refractivity contribution < 1.29 is 0 Å². The molecule has 0 N–H and O–H groups in total. The van der Waals surface area contributed by atoms with E-state index in [0.29, 0.717) is 11.5 Å². The molecule has 0 bridgehead atoms. The van der Waals surface area contributed by atoms with E-state index in [9.17, 15) is 0 Å². The Morgan fingerprint density at radius 2 is 1.08 bits per heavy atom. The zero-order chi connectivity index (χ0) is 35.4. The number of hydrogen-bond acceptors (Lipinski definition) is 1. The Balaban J connectivity index is 1.16. The van der Waals surface area contributed by atoms with Crippen LogP contribution in [0, 0.1) is 0 Å². The Kier molecular flexibility index (Phi) is 7.56. The SMILES string of the molecule is C=C(N=C(N=C(C)c1cccc2ccccc12)c1ccc2ccc(-c3ccc4c(c3)C(C)(C)c3ccccc3-4)cc2c1)c1cccc2ccccc12. The molecule has 52 heavy (non-hydrogen) atoms. The molecule has 0 aliphatic heterocycles. The van der Waals surface area contributed by atoms with Crippen molar-refractivity contribution in [1.82, 2.24) is 0 Å². The summed E-state index contributed by atoms with van der Waals surface area (Å²) in [7, 11) is 0. The predicted octanol–water partition coefficient (Wildman–Crippen LogP) is 13.0. The largest absolute Gasteiger partial charge is 0.233 e. The van der Waals surface area contributed by atoms with Crippen LogP contribution in [0.4, 0.5) is 0 Å². The normalized spacial score (nSPS) is 13.8. The summed E-state index contributed by atoms with van der Waals surface area (Å²) in [6.45, 7) is 11.2. The van der Waals surface area contributed by atoms with Crippen LogP contribution in [0.25, 0.3) is 60.3 Å². The van der Waals surface area contributed by atoms with Gasteiger partial charge in [0, 0.05) is 27.8 Å². The van der Waals surface area contributed by atoms with Crippen molar-refractivity contribution in [2.24, 2.45) is 9.98 Å². The lowest BCUT2D eigenvalue weighted by molar-refractivity contribution is 0.660. The first-order valence-corrected chi connectivity index (χ1v) is 17.9. The van der Waals surface area contributed by atoms with Gasteiger partial charge in [-0.2, -0.15) is 0 Å². The van der Waals surface area contributed by atoms with Gasteiger partial charge in [-0.25, -0.2) is 9.98 Å². The highest BCUT2D eigenvalue weighted by atomic mass is 14.9. The molecule has 0 fully saturated rings. The van der Waals surface area contributed by atoms with Gasteiger partial charge in [0.25, 0.3) is 0 Å². The molecule has 0 saturated heterocycles. The fourth-order valence-corrected chi connectivity index (χ4v) is 8.03. The molecule has 0 heterocycles. The zero-order valence-corrected chi connectivity index (χ0v) is 29.7. The minimum absolute atomic E-state index is 0.0518. The Morgan fingerprint density at radius 3 is 1.87 bits per heavy atom. The van der Waals surface area contributed by atoms with Crippen LogP contribution in [0.2, 0.25) is 0 Å². The number of fused-ring (bicyclic) bond motifs is 6. The second-order valence-electron chi connectivity index (χ2n) is 14.3. The lowest BCUT2D eigenvalue weighted by Crippen LogP contribution is -2.14.